The molecule has 0 spiro atoms. The lowest BCUT2D eigenvalue weighted by Gasteiger charge is -1.97. The van der Waals surface area contributed by atoms with Crippen molar-refractivity contribution in [2.75, 3.05) is 0 Å². The number of nitrogens with one attached hydrogen (secondary N) is 2. The molecule has 0 fully saturated rings. The summed E-state index contributed by atoms with van der Waals surface area (Å²) in [5.74, 6) is 4.70. The van der Waals surface area contributed by atoms with E-state index in [1.807, 2.05) is 5.43 Å². The van der Waals surface area contributed by atoms with E-state index >= 15 is 0 Å². The van der Waals surface area contributed by atoms with E-state index < -0.39 is 6.09 Å². The SMILES string of the molecule is NNC(=S)NC(=O)O. The molecule has 6 heteroatoms. The van der Waals surface area contributed by atoms with Crippen molar-refractivity contribution in [2.45, 2.75) is 0 Å². The van der Waals surface area contributed by atoms with E-state index in [0.29, 0.717) is 0 Å². The highest BCUT2D eigenvalue weighted by atomic mass is 32.1. The van der Waals surface area contributed by atoms with Gasteiger partial charge in [0.2, 0.25) is 0 Å². The number of amides is 1. The third-order valence-corrected chi connectivity index (χ3v) is 0.571. The smallest absolute Gasteiger partial charge is 0.410 e. The molecule has 0 unspecified atom stereocenters. The van der Waals surface area contributed by atoms with Crippen molar-refractivity contribution < 1.29 is 9.90 Å². The van der Waals surface area contributed by atoms with Gasteiger partial charge in [-0.25, -0.2) is 10.6 Å². The molecular formula is C2H5N3O2S. The lowest BCUT2D eigenvalue weighted by molar-refractivity contribution is 0.200. The summed E-state index contributed by atoms with van der Waals surface area (Å²) in [4.78, 5) is 9.67. The van der Waals surface area contributed by atoms with E-state index in [4.69, 9.17) is 10.9 Å². The van der Waals surface area contributed by atoms with Crippen LogP contribution in [-0.2, 0) is 0 Å². The molecule has 0 aliphatic rings. The topological polar surface area (TPSA) is 87.4 Å². The maximum Gasteiger partial charge on any atom is 0.410 e. The third-order valence-electron chi connectivity index (χ3n) is 0.352. The Morgan fingerprint density at radius 1 is 1.75 bits per heavy atom. The van der Waals surface area contributed by atoms with Gasteiger partial charge in [-0.2, -0.15) is 0 Å². The Morgan fingerprint density at radius 2 is 2.25 bits per heavy atom. The number of hydrazine groups is 1. The average molecular weight is 135 g/mol. The van der Waals surface area contributed by atoms with E-state index in [2.05, 4.69) is 12.2 Å². The minimum absolute atomic E-state index is 0.113. The summed E-state index contributed by atoms with van der Waals surface area (Å²) in [5, 5.41) is 9.61. The van der Waals surface area contributed by atoms with Crippen LogP contribution in [0, 0.1) is 0 Å². The first kappa shape index (κ1) is 7.12. The highest BCUT2D eigenvalue weighted by Gasteiger charge is 1.94. The Bertz CT molecular complexity index is 114. The molecule has 5 nitrogen and oxygen atoms in total. The van der Waals surface area contributed by atoms with Crippen LogP contribution in [-0.4, -0.2) is 16.3 Å². The molecule has 0 rings (SSSR count). The summed E-state index contributed by atoms with van der Waals surface area (Å²) >= 11 is 4.30. The van der Waals surface area contributed by atoms with Crippen LogP contribution in [0.4, 0.5) is 4.79 Å². The molecule has 0 aliphatic carbocycles. The van der Waals surface area contributed by atoms with Gasteiger partial charge in [0.25, 0.3) is 0 Å². The Labute approximate surface area is 50.8 Å². The van der Waals surface area contributed by atoms with Crippen LogP contribution in [0.5, 0.6) is 0 Å². The van der Waals surface area contributed by atoms with Crippen LogP contribution in [0.3, 0.4) is 0 Å². The Hall–Kier alpha value is -0.880. The molecule has 0 saturated heterocycles. The fourth-order valence-electron chi connectivity index (χ4n) is 0.133. The lowest BCUT2D eigenvalue weighted by atomic mass is 11.0. The lowest BCUT2D eigenvalue weighted by Crippen LogP contribution is -2.41. The summed E-state index contributed by atoms with van der Waals surface area (Å²) in [6.07, 6.45) is -1.23. The number of hydrogen-bond donors (Lipinski definition) is 4. The molecule has 0 aromatic heterocycles. The number of carbonyl (C=O) groups is 1. The fraction of sp³-hybridized carbons (Fsp3) is 0. The number of rotatable bonds is 0. The average Bonchev–Trinajstić information content (AvgIpc) is 1.65. The first-order valence-electron chi connectivity index (χ1n) is 1.67. The van der Waals surface area contributed by atoms with Crippen molar-refractivity contribution in [1.82, 2.24) is 10.7 Å². The third kappa shape index (κ3) is 3.32. The van der Waals surface area contributed by atoms with Gasteiger partial charge in [0, 0.05) is 0 Å². The normalized spacial score (nSPS) is 7.62. The van der Waals surface area contributed by atoms with Crippen LogP contribution in [0.1, 0.15) is 0 Å². The molecule has 0 saturated carbocycles. The standard InChI is InChI=1S/C2H5N3O2S/c3-5-1(8)4-2(6)7/h3H2,(H,6,7)(H2,4,5,8). The monoisotopic (exact) mass is 135 g/mol. The number of nitrogens with two attached hydrogens (primary N) is 1. The van der Waals surface area contributed by atoms with E-state index in [9.17, 15) is 4.79 Å². The van der Waals surface area contributed by atoms with Crippen molar-refractivity contribution in [3.8, 4) is 0 Å². The molecule has 5 N–H and O–H groups in total. The predicted octanol–water partition coefficient (Wildman–Crippen LogP) is -0.998. The molecule has 0 aromatic carbocycles. The second-order valence-electron chi connectivity index (χ2n) is 0.904. The van der Waals surface area contributed by atoms with Crippen molar-refractivity contribution in [1.29, 1.82) is 0 Å². The van der Waals surface area contributed by atoms with E-state index in [1.54, 1.807) is 5.32 Å². The highest BCUT2D eigenvalue weighted by Crippen LogP contribution is 1.60. The van der Waals surface area contributed by atoms with Gasteiger partial charge in [-0.1, -0.05) is 0 Å². The van der Waals surface area contributed by atoms with Gasteiger partial charge in [-0.15, -0.1) is 0 Å². The van der Waals surface area contributed by atoms with E-state index in [1.165, 1.54) is 0 Å². The van der Waals surface area contributed by atoms with Crippen molar-refractivity contribution in [3.63, 3.8) is 0 Å². The highest BCUT2D eigenvalue weighted by molar-refractivity contribution is 7.80. The second-order valence-corrected chi connectivity index (χ2v) is 1.31. The maximum atomic E-state index is 9.67. The van der Waals surface area contributed by atoms with Gasteiger partial charge in [-0.3, -0.25) is 5.32 Å². The molecular weight excluding hydrogens is 130 g/mol. The Balaban J connectivity index is 3.40. The molecule has 0 bridgehead atoms. The quantitative estimate of drug-likeness (QED) is 0.194. The van der Waals surface area contributed by atoms with E-state index in [0.717, 1.165) is 0 Å². The predicted molar refractivity (Wildman–Crippen MR) is 31.1 cm³/mol. The summed E-state index contributed by atoms with van der Waals surface area (Å²) in [5.41, 5.74) is 1.94. The zero-order valence-electron chi connectivity index (χ0n) is 3.84. The second kappa shape index (κ2) is 3.16. The van der Waals surface area contributed by atoms with Crippen molar-refractivity contribution in [3.05, 3.63) is 0 Å². The molecule has 46 valence electrons. The molecule has 0 aliphatic heterocycles. The van der Waals surface area contributed by atoms with Gasteiger partial charge < -0.3 is 10.5 Å². The van der Waals surface area contributed by atoms with Crippen molar-refractivity contribution in [2.24, 2.45) is 5.84 Å². The number of hydrogen-bond acceptors (Lipinski definition) is 3. The summed E-state index contributed by atoms with van der Waals surface area (Å²) in [6, 6.07) is 0. The molecule has 0 heterocycles. The Morgan fingerprint density at radius 3 is 2.38 bits per heavy atom. The Kier molecular flexibility index (Phi) is 2.82. The van der Waals surface area contributed by atoms with Crippen LogP contribution in [0.2, 0.25) is 0 Å². The van der Waals surface area contributed by atoms with E-state index in [-0.39, 0.29) is 5.11 Å². The largest absolute Gasteiger partial charge is 0.465 e. The summed E-state index contributed by atoms with van der Waals surface area (Å²) in [6.45, 7) is 0. The number of thiocarbonyl (C=S) groups is 1. The van der Waals surface area contributed by atoms with Gasteiger partial charge in [0.1, 0.15) is 0 Å². The molecule has 0 atom stereocenters. The minimum Gasteiger partial charge on any atom is -0.465 e. The number of carboxylic acid groups (broad SMARTS) is 1. The van der Waals surface area contributed by atoms with Crippen LogP contribution in [0.15, 0.2) is 0 Å². The molecule has 1 amide bonds. The fourth-order valence-corrected chi connectivity index (χ4v) is 0.221. The summed E-state index contributed by atoms with van der Waals surface area (Å²) in [7, 11) is 0. The van der Waals surface area contributed by atoms with Crippen LogP contribution in [0.25, 0.3) is 0 Å². The molecule has 0 aromatic rings. The van der Waals surface area contributed by atoms with Crippen LogP contribution < -0.4 is 16.6 Å². The first-order valence-corrected chi connectivity index (χ1v) is 2.08. The van der Waals surface area contributed by atoms with Gasteiger partial charge >= 0.3 is 6.09 Å². The minimum atomic E-state index is -1.23. The van der Waals surface area contributed by atoms with Crippen LogP contribution >= 0.6 is 12.2 Å². The first-order chi connectivity index (χ1) is 3.66. The van der Waals surface area contributed by atoms with Crippen molar-refractivity contribution >= 4 is 23.4 Å². The van der Waals surface area contributed by atoms with Gasteiger partial charge in [0.05, 0.1) is 0 Å². The maximum absolute atomic E-state index is 9.67. The van der Waals surface area contributed by atoms with Gasteiger partial charge in [0.15, 0.2) is 5.11 Å². The molecule has 0 radical (unpaired) electrons. The van der Waals surface area contributed by atoms with Gasteiger partial charge in [-0.05, 0) is 12.2 Å². The summed E-state index contributed by atoms with van der Waals surface area (Å²) < 4.78 is 0. The molecule has 8 heavy (non-hydrogen) atoms. The zero-order chi connectivity index (χ0) is 6.57. The zero-order valence-corrected chi connectivity index (χ0v) is 4.66.